The third-order valence-corrected chi connectivity index (χ3v) is 4.27. The summed E-state index contributed by atoms with van der Waals surface area (Å²) in [5.41, 5.74) is 0.426. The van der Waals surface area contributed by atoms with Gasteiger partial charge in [0.05, 0.1) is 12.6 Å². The summed E-state index contributed by atoms with van der Waals surface area (Å²) in [5.74, 6) is 0.0763. The van der Waals surface area contributed by atoms with E-state index in [2.05, 4.69) is 19.2 Å². The SMILES string of the molecule is CC(C)CC(NC(=O)C(C)Cc1ccccc1)C(=O)C1(C)CO1. The molecule has 3 atom stereocenters. The van der Waals surface area contributed by atoms with E-state index in [9.17, 15) is 9.59 Å². The van der Waals surface area contributed by atoms with Crippen LogP contribution in [0.15, 0.2) is 30.3 Å². The first-order valence-corrected chi connectivity index (χ1v) is 8.34. The predicted octanol–water partition coefficient (Wildman–Crippen LogP) is 2.75. The molecule has 23 heavy (non-hydrogen) atoms. The van der Waals surface area contributed by atoms with E-state index in [-0.39, 0.29) is 17.6 Å². The Kier molecular flexibility index (Phi) is 5.58. The lowest BCUT2D eigenvalue weighted by Gasteiger charge is -2.23. The second-order valence-corrected chi connectivity index (χ2v) is 7.17. The van der Waals surface area contributed by atoms with E-state index in [4.69, 9.17) is 4.74 Å². The number of Topliss-reactive ketones (excluding diaryl/α,β-unsaturated/α-hetero) is 1. The first kappa shape index (κ1) is 17.7. The Labute approximate surface area is 138 Å². The van der Waals surface area contributed by atoms with Crippen molar-refractivity contribution >= 4 is 11.7 Å². The van der Waals surface area contributed by atoms with Crippen LogP contribution in [0, 0.1) is 11.8 Å². The first-order chi connectivity index (χ1) is 10.8. The van der Waals surface area contributed by atoms with Crippen molar-refractivity contribution in [1.29, 1.82) is 0 Å². The standard InChI is InChI=1S/C19H27NO3/c1-13(2)10-16(17(21)19(4)12-23-19)20-18(22)14(3)11-15-8-6-5-7-9-15/h5-9,13-14,16H,10-12H2,1-4H3,(H,20,22). The lowest BCUT2D eigenvalue weighted by Crippen LogP contribution is -2.48. The summed E-state index contributed by atoms with van der Waals surface area (Å²) in [5, 5.41) is 2.95. The highest BCUT2D eigenvalue weighted by Gasteiger charge is 2.50. The number of epoxide rings is 1. The van der Waals surface area contributed by atoms with Crippen molar-refractivity contribution in [3.8, 4) is 0 Å². The van der Waals surface area contributed by atoms with Crippen molar-refractivity contribution in [3.05, 3.63) is 35.9 Å². The molecule has 0 spiro atoms. The van der Waals surface area contributed by atoms with Crippen LogP contribution in [0.25, 0.3) is 0 Å². The number of rotatable bonds is 8. The van der Waals surface area contributed by atoms with E-state index in [1.807, 2.05) is 37.3 Å². The fourth-order valence-electron chi connectivity index (χ4n) is 2.70. The number of hydrogen-bond acceptors (Lipinski definition) is 3. The molecule has 1 aliphatic heterocycles. The Balaban J connectivity index is 1.97. The van der Waals surface area contributed by atoms with Gasteiger partial charge in [0.1, 0.15) is 5.60 Å². The smallest absolute Gasteiger partial charge is 0.223 e. The number of ketones is 1. The molecule has 1 heterocycles. The van der Waals surface area contributed by atoms with Gasteiger partial charge in [0.2, 0.25) is 5.91 Å². The molecule has 1 aromatic carbocycles. The summed E-state index contributed by atoms with van der Waals surface area (Å²) in [6, 6.07) is 9.46. The van der Waals surface area contributed by atoms with Crippen molar-refractivity contribution in [3.63, 3.8) is 0 Å². The van der Waals surface area contributed by atoms with E-state index in [1.165, 1.54) is 0 Å². The lowest BCUT2D eigenvalue weighted by molar-refractivity contribution is -0.132. The zero-order valence-electron chi connectivity index (χ0n) is 14.5. The van der Waals surface area contributed by atoms with Gasteiger partial charge < -0.3 is 10.1 Å². The van der Waals surface area contributed by atoms with E-state index in [0.29, 0.717) is 25.4 Å². The van der Waals surface area contributed by atoms with Gasteiger partial charge in [-0.25, -0.2) is 0 Å². The fraction of sp³-hybridized carbons (Fsp3) is 0.579. The van der Waals surface area contributed by atoms with Gasteiger partial charge in [-0.15, -0.1) is 0 Å². The van der Waals surface area contributed by atoms with E-state index in [0.717, 1.165) is 5.56 Å². The maximum Gasteiger partial charge on any atom is 0.223 e. The number of benzene rings is 1. The second kappa shape index (κ2) is 7.26. The summed E-state index contributed by atoms with van der Waals surface area (Å²) >= 11 is 0. The first-order valence-electron chi connectivity index (χ1n) is 8.34. The van der Waals surface area contributed by atoms with Crippen molar-refractivity contribution in [2.45, 2.75) is 52.2 Å². The number of ether oxygens (including phenoxy) is 1. The summed E-state index contributed by atoms with van der Waals surface area (Å²) in [6.07, 6.45) is 1.31. The zero-order chi connectivity index (χ0) is 17.0. The molecule has 1 aliphatic rings. The van der Waals surface area contributed by atoms with Crippen LogP contribution < -0.4 is 5.32 Å². The molecule has 0 bridgehead atoms. The van der Waals surface area contributed by atoms with Crippen LogP contribution in [0.4, 0.5) is 0 Å². The Morgan fingerprint density at radius 1 is 1.22 bits per heavy atom. The van der Waals surface area contributed by atoms with E-state index in [1.54, 1.807) is 6.92 Å². The number of hydrogen-bond donors (Lipinski definition) is 1. The van der Waals surface area contributed by atoms with Gasteiger partial charge in [0, 0.05) is 5.92 Å². The maximum absolute atomic E-state index is 12.5. The van der Waals surface area contributed by atoms with Gasteiger partial charge >= 0.3 is 0 Å². The summed E-state index contributed by atoms with van der Waals surface area (Å²) in [4.78, 5) is 25.0. The highest BCUT2D eigenvalue weighted by Crippen LogP contribution is 2.29. The molecule has 0 saturated carbocycles. The van der Waals surface area contributed by atoms with Crippen LogP contribution in [0.2, 0.25) is 0 Å². The van der Waals surface area contributed by atoms with Gasteiger partial charge in [-0.1, -0.05) is 51.1 Å². The van der Waals surface area contributed by atoms with Crippen molar-refractivity contribution in [1.82, 2.24) is 5.32 Å². The van der Waals surface area contributed by atoms with Crippen LogP contribution in [-0.4, -0.2) is 29.9 Å². The molecule has 1 aromatic rings. The molecular weight excluding hydrogens is 290 g/mol. The lowest BCUT2D eigenvalue weighted by atomic mass is 9.92. The number of nitrogens with one attached hydrogen (secondary N) is 1. The topological polar surface area (TPSA) is 58.7 Å². The minimum absolute atomic E-state index is 0.00791. The summed E-state index contributed by atoms with van der Waals surface area (Å²) < 4.78 is 5.26. The van der Waals surface area contributed by atoms with Gasteiger partial charge in [-0.3, -0.25) is 9.59 Å². The van der Waals surface area contributed by atoms with Gasteiger partial charge in [0.15, 0.2) is 5.78 Å². The predicted molar refractivity (Wildman–Crippen MR) is 90.1 cm³/mol. The zero-order valence-corrected chi connectivity index (χ0v) is 14.5. The molecule has 1 saturated heterocycles. The van der Waals surface area contributed by atoms with E-state index >= 15 is 0 Å². The molecule has 1 amide bonds. The molecule has 1 N–H and O–H groups in total. The molecule has 0 aromatic heterocycles. The number of carbonyl (C=O) groups is 2. The van der Waals surface area contributed by atoms with E-state index < -0.39 is 11.6 Å². The average molecular weight is 317 g/mol. The monoisotopic (exact) mass is 317 g/mol. The fourth-order valence-corrected chi connectivity index (χ4v) is 2.70. The number of carbonyl (C=O) groups excluding carboxylic acids is 2. The largest absolute Gasteiger partial charge is 0.361 e. The Bertz CT molecular complexity index is 549. The quantitative estimate of drug-likeness (QED) is 0.750. The van der Waals surface area contributed by atoms with Crippen molar-refractivity contribution in [2.24, 2.45) is 11.8 Å². The molecule has 4 heteroatoms. The van der Waals surface area contributed by atoms with Crippen LogP contribution in [0.3, 0.4) is 0 Å². The average Bonchev–Trinajstić information content (AvgIpc) is 3.25. The van der Waals surface area contributed by atoms with Gasteiger partial charge in [0.25, 0.3) is 0 Å². The van der Waals surface area contributed by atoms with Crippen molar-refractivity contribution < 1.29 is 14.3 Å². The molecule has 1 fully saturated rings. The van der Waals surface area contributed by atoms with Crippen LogP contribution >= 0.6 is 0 Å². The highest BCUT2D eigenvalue weighted by molar-refractivity contribution is 5.96. The summed E-state index contributed by atoms with van der Waals surface area (Å²) in [7, 11) is 0. The Morgan fingerprint density at radius 3 is 2.35 bits per heavy atom. The third-order valence-electron chi connectivity index (χ3n) is 4.27. The normalized spacial score (nSPS) is 22.5. The minimum atomic E-state index is -0.699. The summed E-state index contributed by atoms with van der Waals surface area (Å²) in [6.45, 7) is 8.25. The number of amides is 1. The second-order valence-electron chi connectivity index (χ2n) is 7.17. The molecule has 3 unspecified atom stereocenters. The van der Waals surface area contributed by atoms with Crippen LogP contribution in [0.1, 0.15) is 39.7 Å². The Hall–Kier alpha value is -1.68. The molecule has 0 aliphatic carbocycles. The third kappa shape index (κ3) is 4.90. The Morgan fingerprint density at radius 2 is 1.83 bits per heavy atom. The molecular formula is C19H27NO3. The maximum atomic E-state index is 12.5. The van der Waals surface area contributed by atoms with Crippen molar-refractivity contribution in [2.75, 3.05) is 6.61 Å². The molecule has 0 radical (unpaired) electrons. The van der Waals surface area contributed by atoms with Crippen LogP contribution in [-0.2, 0) is 20.7 Å². The minimum Gasteiger partial charge on any atom is -0.361 e. The molecule has 4 nitrogen and oxygen atoms in total. The molecule has 2 rings (SSSR count). The molecule has 126 valence electrons. The van der Waals surface area contributed by atoms with Gasteiger partial charge in [-0.05, 0) is 31.2 Å². The highest BCUT2D eigenvalue weighted by atomic mass is 16.6. The van der Waals surface area contributed by atoms with Gasteiger partial charge in [-0.2, -0.15) is 0 Å². The van der Waals surface area contributed by atoms with Crippen LogP contribution in [0.5, 0.6) is 0 Å².